The maximum Gasteiger partial charge on any atom is 0.416 e. The number of hydrogen-bond acceptors (Lipinski definition) is 5. The molecule has 0 aliphatic rings. The summed E-state index contributed by atoms with van der Waals surface area (Å²) in [6.07, 6.45) is -8.30. The number of carboxylic acids is 1. The molecule has 0 saturated carbocycles. The molecule has 0 aliphatic carbocycles. The predicted molar refractivity (Wildman–Crippen MR) is 119 cm³/mol. The van der Waals surface area contributed by atoms with Gasteiger partial charge < -0.3 is 10.2 Å². The van der Waals surface area contributed by atoms with E-state index >= 15 is 0 Å². The number of aliphatic carboxylic acids is 1. The third-order valence-corrected chi connectivity index (χ3v) is 5.25. The highest BCUT2D eigenvalue weighted by Crippen LogP contribution is 2.30. The number of alkyl halides is 6. The van der Waals surface area contributed by atoms with Crippen LogP contribution in [0.4, 0.5) is 26.3 Å². The molecule has 0 aliphatic heterocycles. The number of ketones is 1. The van der Waals surface area contributed by atoms with E-state index in [1.807, 2.05) is 0 Å². The van der Waals surface area contributed by atoms with Crippen molar-refractivity contribution in [3.8, 4) is 0 Å². The van der Waals surface area contributed by atoms with Gasteiger partial charge in [0.05, 0.1) is 24.2 Å². The summed E-state index contributed by atoms with van der Waals surface area (Å²) in [7, 11) is 0. The van der Waals surface area contributed by atoms with Crippen molar-refractivity contribution in [1.82, 2.24) is 9.13 Å². The molecule has 0 saturated heterocycles. The molecule has 0 bridgehead atoms. The van der Waals surface area contributed by atoms with Gasteiger partial charge in [-0.25, -0.2) is 9.59 Å². The van der Waals surface area contributed by atoms with Crippen molar-refractivity contribution in [3.63, 3.8) is 0 Å². The van der Waals surface area contributed by atoms with Crippen LogP contribution >= 0.6 is 0 Å². The molecule has 3 rings (SSSR count). The van der Waals surface area contributed by atoms with E-state index in [4.69, 9.17) is 5.11 Å². The van der Waals surface area contributed by atoms with Crippen LogP contribution in [-0.2, 0) is 30.2 Å². The summed E-state index contributed by atoms with van der Waals surface area (Å²) in [5.74, 6) is -4.61. The molecule has 0 unspecified atom stereocenters. The molecule has 1 aromatic heterocycles. The smallest absolute Gasteiger partial charge is 0.416 e. The predicted octanol–water partition coefficient (Wildman–Crippen LogP) is 3.85. The monoisotopic (exact) mass is 542 g/mol. The van der Waals surface area contributed by atoms with Crippen LogP contribution in [0.1, 0.15) is 32.6 Å². The summed E-state index contributed by atoms with van der Waals surface area (Å²) in [5.41, 5.74) is -4.82. The van der Waals surface area contributed by atoms with Crippen LogP contribution < -0.4 is 11.2 Å². The number of allylic oxidation sites excluding steroid dienone is 1. The highest BCUT2D eigenvalue weighted by molar-refractivity contribution is 6.07. The Kier molecular flexibility index (Phi) is 7.65. The van der Waals surface area contributed by atoms with Crippen molar-refractivity contribution >= 4 is 11.8 Å². The van der Waals surface area contributed by atoms with Gasteiger partial charge in [0.2, 0.25) is 5.76 Å². The van der Waals surface area contributed by atoms with Crippen molar-refractivity contribution in [1.29, 1.82) is 0 Å². The van der Waals surface area contributed by atoms with Crippen molar-refractivity contribution in [2.24, 2.45) is 0 Å². The van der Waals surface area contributed by atoms with Crippen LogP contribution in [0.25, 0.3) is 0 Å². The highest BCUT2D eigenvalue weighted by Gasteiger charge is 2.31. The number of benzene rings is 2. The van der Waals surface area contributed by atoms with Crippen LogP contribution in [0.2, 0.25) is 0 Å². The van der Waals surface area contributed by atoms with E-state index in [1.165, 1.54) is 0 Å². The van der Waals surface area contributed by atoms with Gasteiger partial charge in [0.1, 0.15) is 5.56 Å². The van der Waals surface area contributed by atoms with Crippen molar-refractivity contribution in [2.45, 2.75) is 25.4 Å². The molecular weight excluding hydrogens is 526 g/mol. The molecule has 0 radical (unpaired) electrons. The van der Waals surface area contributed by atoms with Crippen LogP contribution in [-0.4, -0.2) is 31.1 Å². The first-order valence-electron chi connectivity index (χ1n) is 10.4. The fourth-order valence-corrected chi connectivity index (χ4v) is 3.32. The summed E-state index contributed by atoms with van der Waals surface area (Å²) in [5, 5.41) is 18.2. The second-order valence-electron chi connectivity index (χ2n) is 7.93. The molecule has 0 atom stereocenters. The third kappa shape index (κ3) is 6.38. The molecule has 0 amide bonds. The summed E-state index contributed by atoms with van der Waals surface area (Å²) in [4.78, 5) is 49.4. The standard InChI is InChI=1S/C24H16F6N2O6/c25-23(26,27)15-5-1-13(2-6-15)10-31-12-17(18(33)9-19(34)21(36)37)20(35)32(22(31)38)11-14-3-7-16(8-4-14)24(28,29)30/h1-9,12,34H,10-11H2,(H,36,37). The van der Waals surface area contributed by atoms with Gasteiger partial charge in [-0.1, -0.05) is 24.3 Å². The largest absolute Gasteiger partial charge is 0.502 e. The van der Waals surface area contributed by atoms with E-state index in [-0.39, 0.29) is 17.2 Å². The van der Waals surface area contributed by atoms with Crippen LogP contribution in [0, 0.1) is 0 Å². The van der Waals surface area contributed by atoms with E-state index < -0.39 is 70.9 Å². The molecule has 3 aromatic rings. The summed E-state index contributed by atoms with van der Waals surface area (Å²) >= 11 is 0. The Hall–Kier alpha value is -4.62. The molecule has 1 heterocycles. The van der Waals surface area contributed by atoms with Crippen molar-refractivity contribution in [2.75, 3.05) is 0 Å². The van der Waals surface area contributed by atoms with Crippen LogP contribution in [0.15, 0.2) is 76.2 Å². The average Bonchev–Trinajstić information content (AvgIpc) is 2.82. The fourth-order valence-electron chi connectivity index (χ4n) is 3.32. The molecule has 38 heavy (non-hydrogen) atoms. The zero-order chi connectivity index (χ0) is 28.4. The number of carboxylic acid groups (broad SMARTS) is 1. The van der Waals surface area contributed by atoms with Gasteiger partial charge in [-0.3, -0.25) is 18.7 Å². The Morgan fingerprint density at radius 1 is 0.763 bits per heavy atom. The molecule has 0 spiro atoms. The average molecular weight is 542 g/mol. The van der Waals surface area contributed by atoms with E-state index in [0.717, 1.165) is 47.2 Å². The molecule has 14 heteroatoms. The number of aromatic nitrogens is 2. The fraction of sp³-hybridized carbons (Fsp3) is 0.167. The van der Waals surface area contributed by atoms with Crippen molar-refractivity contribution < 1.29 is 46.1 Å². The Morgan fingerprint density at radius 2 is 1.21 bits per heavy atom. The molecule has 200 valence electrons. The van der Waals surface area contributed by atoms with Gasteiger partial charge in [0.25, 0.3) is 5.56 Å². The topological polar surface area (TPSA) is 119 Å². The summed E-state index contributed by atoms with van der Waals surface area (Å²) in [6, 6.07) is 7.03. The van der Waals surface area contributed by atoms with E-state index in [2.05, 4.69) is 0 Å². The Labute approximate surface area is 208 Å². The Morgan fingerprint density at radius 3 is 1.63 bits per heavy atom. The number of aliphatic hydroxyl groups excluding tert-OH is 1. The van der Waals surface area contributed by atoms with E-state index in [1.54, 1.807) is 0 Å². The SMILES string of the molecule is O=C(O)C(O)=CC(=O)c1cn(Cc2ccc(C(F)(F)F)cc2)c(=O)n(Cc2ccc(C(F)(F)F)cc2)c1=O. The number of halogens is 6. The van der Waals surface area contributed by atoms with Gasteiger partial charge in [-0.2, -0.15) is 26.3 Å². The molecule has 0 fully saturated rings. The summed E-state index contributed by atoms with van der Waals surface area (Å²) < 4.78 is 78.4. The number of hydrogen-bond donors (Lipinski definition) is 2. The number of rotatable bonds is 7. The van der Waals surface area contributed by atoms with Crippen molar-refractivity contribution in [3.05, 3.63) is 115 Å². The summed E-state index contributed by atoms with van der Waals surface area (Å²) in [6.45, 7) is -1.03. The van der Waals surface area contributed by atoms with Gasteiger partial charge in [0, 0.05) is 12.3 Å². The lowest BCUT2D eigenvalue weighted by molar-refractivity contribution is -0.138. The maximum absolute atomic E-state index is 13.1. The lowest BCUT2D eigenvalue weighted by Gasteiger charge is -2.14. The minimum absolute atomic E-state index is 0.0619. The Balaban J connectivity index is 2.10. The third-order valence-electron chi connectivity index (χ3n) is 5.25. The lowest BCUT2D eigenvalue weighted by atomic mass is 10.1. The first-order chi connectivity index (χ1) is 17.6. The van der Waals surface area contributed by atoms with Gasteiger partial charge in [-0.05, 0) is 35.4 Å². The minimum atomic E-state index is -4.64. The normalized spacial score (nSPS) is 12.4. The van der Waals surface area contributed by atoms with Gasteiger partial charge >= 0.3 is 24.0 Å². The van der Waals surface area contributed by atoms with Crippen LogP contribution in [0.3, 0.4) is 0 Å². The second-order valence-corrected chi connectivity index (χ2v) is 7.93. The number of aliphatic hydroxyl groups is 1. The maximum atomic E-state index is 13.1. The van der Waals surface area contributed by atoms with E-state index in [9.17, 15) is 50.6 Å². The molecule has 8 nitrogen and oxygen atoms in total. The van der Waals surface area contributed by atoms with Crippen LogP contribution in [0.5, 0.6) is 0 Å². The molecule has 2 aromatic carbocycles. The molecular formula is C24H16F6N2O6. The quantitative estimate of drug-likeness (QED) is 0.203. The zero-order valence-electron chi connectivity index (χ0n) is 18.9. The van der Waals surface area contributed by atoms with E-state index in [0.29, 0.717) is 16.7 Å². The Bertz CT molecular complexity index is 1510. The first kappa shape index (κ1) is 28.0. The zero-order valence-corrected chi connectivity index (χ0v) is 18.9. The van der Waals surface area contributed by atoms with Gasteiger partial charge in [0.15, 0.2) is 5.78 Å². The second kappa shape index (κ2) is 10.4. The first-order valence-corrected chi connectivity index (χ1v) is 10.4. The highest BCUT2D eigenvalue weighted by atomic mass is 19.4. The lowest BCUT2D eigenvalue weighted by Crippen LogP contribution is -2.42. The molecule has 2 N–H and O–H groups in total. The number of carbonyl (C=O) groups is 2. The number of carbonyl (C=O) groups excluding carboxylic acids is 1. The minimum Gasteiger partial charge on any atom is -0.502 e. The number of nitrogens with zero attached hydrogens (tertiary/aromatic N) is 2. The van der Waals surface area contributed by atoms with Gasteiger partial charge in [-0.15, -0.1) is 0 Å².